The van der Waals surface area contributed by atoms with Gasteiger partial charge in [0.25, 0.3) is 0 Å². The lowest BCUT2D eigenvalue weighted by atomic mass is 10.1. The fourth-order valence-electron chi connectivity index (χ4n) is 1.48. The molecule has 0 saturated heterocycles. The number of carbonyl (C=O) groups excluding carboxylic acids is 1. The number of alkyl carbamates (subject to hydrolysis) is 1. The van der Waals surface area contributed by atoms with E-state index < -0.39 is 6.09 Å². The molecule has 0 bridgehead atoms. The summed E-state index contributed by atoms with van der Waals surface area (Å²) < 4.78 is 4.58. The molecule has 0 heterocycles. The number of carbonyl (C=O) groups is 1. The maximum absolute atomic E-state index is 11.1. The molecule has 0 aliphatic carbocycles. The molecule has 1 rings (SSSR count). The summed E-state index contributed by atoms with van der Waals surface area (Å²) in [6.07, 6.45) is 4.23. The van der Waals surface area contributed by atoms with Gasteiger partial charge in [-0.05, 0) is 18.9 Å². The number of hydrogen-bond donors (Lipinski definition) is 1. The molecule has 0 radical (unpaired) electrons. The number of nitrogens with one attached hydrogen (secondary N) is 1. The van der Waals surface area contributed by atoms with Crippen molar-refractivity contribution in [2.75, 3.05) is 7.11 Å². The fraction of sp³-hybridized carbons (Fsp3) is 0.308. The predicted molar refractivity (Wildman–Crippen MR) is 64.3 cm³/mol. The molecule has 1 aromatic rings. The number of methoxy groups -OCH3 is 1. The van der Waals surface area contributed by atoms with Gasteiger partial charge in [-0.15, -0.1) is 0 Å². The minimum Gasteiger partial charge on any atom is -0.453 e. The second-order valence-corrected chi connectivity index (χ2v) is 3.46. The van der Waals surface area contributed by atoms with Gasteiger partial charge in [0.05, 0.1) is 13.2 Å². The van der Waals surface area contributed by atoms with Gasteiger partial charge in [-0.3, -0.25) is 0 Å². The molecule has 3 heteroatoms. The van der Waals surface area contributed by atoms with E-state index >= 15 is 0 Å². The Morgan fingerprint density at radius 3 is 2.69 bits per heavy atom. The van der Waals surface area contributed by atoms with Gasteiger partial charge in [0.2, 0.25) is 0 Å². The van der Waals surface area contributed by atoms with E-state index in [1.165, 1.54) is 12.7 Å². The van der Waals surface area contributed by atoms with Crippen molar-refractivity contribution in [2.45, 2.75) is 19.4 Å². The first-order valence-corrected chi connectivity index (χ1v) is 5.27. The van der Waals surface area contributed by atoms with Crippen LogP contribution in [-0.4, -0.2) is 19.2 Å². The highest BCUT2D eigenvalue weighted by atomic mass is 16.5. The molecule has 16 heavy (non-hydrogen) atoms. The molecule has 1 aromatic carbocycles. The lowest BCUT2D eigenvalue weighted by molar-refractivity contribution is 0.168. The first-order valence-electron chi connectivity index (χ1n) is 5.27. The number of hydrogen-bond acceptors (Lipinski definition) is 2. The molecule has 0 spiro atoms. The van der Waals surface area contributed by atoms with E-state index in [0.717, 1.165) is 6.42 Å². The van der Waals surface area contributed by atoms with E-state index in [1.807, 2.05) is 49.4 Å². The average molecular weight is 219 g/mol. The summed E-state index contributed by atoms with van der Waals surface area (Å²) in [4.78, 5) is 11.1. The lowest BCUT2D eigenvalue weighted by Gasteiger charge is -2.14. The number of ether oxygens (including phenoxy) is 1. The molecule has 0 fully saturated rings. The van der Waals surface area contributed by atoms with E-state index in [0.29, 0.717) is 0 Å². The molecule has 86 valence electrons. The zero-order chi connectivity index (χ0) is 11.8. The van der Waals surface area contributed by atoms with E-state index in [-0.39, 0.29) is 6.04 Å². The Labute approximate surface area is 96.1 Å². The molecule has 1 unspecified atom stereocenters. The summed E-state index contributed by atoms with van der Waals surface area (Å²) in [5, 5.41) is 2.77. The minimum atomic E-state index is -0.404. The zero-order valence-corrected chi connectivity index (χ0v) is 9.64. The van der Waals surface area contributed by atoms with Gasteiger partial charge in [0.1, 0.15) is 0 Å². The highest BCUT2D eigenvalue weighted by Gasteiger charge is 2.09. The van der Waals surface area contributed by atoms with Crippen LogP contribution in [0.4, 0.5) is 4.79 Å². The summed E-state index contributed by atoms with van der Waals surface area (Å²) >= 11 is 0. The SMILES string of the molecule is C/C=C\C(Cc1ccccc1)NC(=O)OC. The Morgan fingerprint density at radius 1 is 1.44 bits per heavy atom. The lowest BCUT2D eigenvalue weighted by Crippen LogP contribution is -2.34. The van der Waals surface area contributed by atoms with Gasteiger partial charge >= 0.3 is 6.09 Å². The highest BCUT2D eigenvalue weighted by Crippen LogP contribution is 2.04. The van der Waals surface area contributed by atoms with E-state index in [1.54, 1.807) is 0 Å². The fourth-order valence-corrected chi connectivity index (χ4v) is 1.48. The van der Waals surface area contributed by atoms with E-state index in [2.05, 4.69) is 10.1 Å². The number of allylic oxidation sites excluding steroid dienone is 1. The normalized spacial score (nSPS) is 12.4. The molecule has 0 aromatic heterocycles. The van der Waals surface area contributed by atoms with Crippen LogP contribution in [0.2, 0.25) is 0 Å². The van der Waals surface area contributed by atoms with Crippen molar-refractivity contribution in [2.24, 2.45) is 0 Å². The van der Waals surface area contributed by atoms with Crippen LogP contribution in [0.5, 0.6) is 0 Å². The molecular formula is C13H17NO2. The van der Waals surface area contributed by atoms with Crippen molar-refractivity contribution in [3.8, 4) is 0 Å². The molecule has 1 N–H and O–H groups in total. The molecule has 3 nitrogen and oxygen atoms in total. The van der Waals surface area contributed by atoms with Gasteiger partial charge in [0, 0.05) is 0 Å². The Kier molecular flexibility index (Phi) is 5.12. The van der Waals surface area contributed by atoms with Gasteiger partial charge in [-0.25, -0.2) is 4.79 Å². The van der Waals surface area contributed by atoms with Crippen LogP contribution in [-0.2, 0) is 11.2 Å². The number of rotatable bonds is 4. The van der Waals surface area contributed by atoms with Crippen LogP contribution in [0, 0.1) is 0 Å². The average Bonchev–Trinajstić information content (AvgIpc) is 2.30. The summed E-state index contributed by atoms with van der Waals surface area (Å²) in [7, 11) is 1.37. The maximum Gasteiger partial charge on any atom is 0.407 e. The van der Waals surface area contributed by atoms with E-state index in [4.69, 9.17) is 0 Å². The van der Waals surface area contributed by atoms with Crippen molar-refractivity contribution in [3.63, 3.8) is 0 Å². The summed E-state index contributed by atoms with van der Waals surface area (Å²) in [5.74, 6) is 0. The third-order valence-electron chi connectivity index (χ3n) is 2.21. The third-order valence-corrected chi connectivity index (χ3v) is 2.21. The summed E-state index contributed by atoms with van der Waals surface area (Å²) in [6, 6.07) is 9.99. The minimum absolute atomic E-state index is 0.0279. The zero-order valence-electron chi connectivity index (χ0n) is 9.64. The predicted octanol–water partition coefficient (Wildman–Crippen LogP) is 2.53. The van der Waals surface area contributed by atoms with Gasteiger partial charge < -0.3 is 10.1 Å². The first-order chi connectivity index (χ1) is 7.76. The van der Waals surface area contributed by atoms with Crippen molar-refractivity contribution in [1.29, 1.82) is 0 Å². The monoisotopic (exact) mass is 219 g/mol. The van der Waals surface area contributed by atoms with Crippen LogP contribution in [0.25, 0.3) is 0 Å². The molecule has 0 aliphatic heterocycles. The van der Waals surface area contributed by atoms with Crippen LogP contribution in [0.1, 0.15) is 12.5 Å². The van der Waals surface area contributed by atoms with Gasteiger partial charge in [-0.1, -0.05) is 42.5 Å². The standard InChI is InChI=1S/C13H17NO2/c1-3-7-12(14-13(15)16-2)10-11-8-5-4-6-9-11/h3-9,12H,10H2,1-2H3,(H,14,15)/b7-3-. The van der Waals surface area contributed by atoms with E-state index in [9.17, 15) is 4.79 Å². The van der Waals surface area contributed by atoms with Crippen LogP contribution in [0.15, 0.2) is 42.5 Å². The Balaban J connectivity index is 2.61. The largest absolute Gasteiger partial charge is 0.453 e. The Morgan fingerprint density at radius 2 is 2.12 bits per heavy atom. The summed E-state index contributed by atoms with van der Waals surface area (Å²) in [6.45, 7) is 1.93. The van der Waals surface area contributed by atoms with Crippen LogP contribution < -0.4 is 5.32 Å². The highest BCUT2D eigenvalue weighted by molar-refractivity contribution is 5.67. The summed E-state index contributed by atoms with van der Waals surface area (Å²) in [5.41, 5.74) is 1.18. The van der Waals surface area contributed by atoms with Gasteiger partial charge in [-0.2, -0.15) is 0 Å². The van der Waals surface area contributed by atoms with Crippen LogP contribution in [0.3, 0.4) is 0 Å². The quantitative estimate of drug-likeness (QED) is 0.790. The maximum atomic E-state index is 11.1. The van der Waals surface area contributed by atoms with Crippen molar-refractivity contribution in [1.82, 2.24) is 5.32 Å². The molecule has 1 atom stereocenters. The molecule has 0 aliphatic rings. The Bertz CT molecular complexity index is 346. The Hall–Kier alpha value is -1.77. The molecular weight excluding hydrogens is 202 g/mol. The second kappa shape index (κ2) is 6.67. The van der Waals surface area contributed by atoms with Crippen molar-refractivity contribution in [3.05, 3.63) is 48.0 Å². The third kappa shape index (κ3) is 4.17. The molecule has 0 saturated carbocycles. The second-order valence-electron chi connectivity index (χ2n) is 3.46. The topological polar surface area (TPSA) is 38.3 Å². The van der Waals surface area contributed by atoms with Crippen molar-refractivity contribution >= 4 is 6.09 Å². The first kappa shape index (κ1) is 12.3. The number of benzene rings is 1. The van der Waals surface area contributed by atoms with Crippen molar-refractivity contribution < 1.29 is 9.53 Å². The molecule has 1 amide bonds. The van der Waals surface area contributed by atoms with Crippen LogP contribution >= 0.6 is 0 Å². The smallest absolute Gasteiger partial charge is 0.407 e. The van der Waals surface area contributed by atoms with Gasteiger partial charge in [0.15, 0.2) is 0 Å². The number of amides is 1.